The molecule has 1 atom stereocenters. The number of cyclic esters (lactones) is 1. The molecule has 1 unspecified atom stereocenters. The van der Waals surface area contributed by atoms with Crippen LogP contribution in [0.25, 0.3) is 16.7 Å². The predicted octanol–water partition coefficient (Wildman–Crippen LogP) is 6.24. The first-order valence-electron chi connectivity index (χ1n) is 8.82. The van der Waals surface area contributed by atoms with E-state index in [4.69, 9.17) is 32.7 Å². The third-order valence-corrected chi connectivity index (χ3v) is 5.39. The summed E-state index contributed by atoms with van der Waals surface area (Å²) in [5, 5.41) is 11.4. The lowest BCUT2D eigenvalue weighted by molar-refractivity contribution is -0.138. The molecule has 0 aromatic heterocycles. The number of halogens is 2. The number of esters is 1. The van der Waals surface area contributed by atoms with E-state index in [0.717, 1.165) is 11.3 Å². The van der Waals surface area contributed by atoms with Crippen molar-refractivity contribution < 1.29 is 19.4 Å². The second-order valence-electron chi connectivity index (χ2n) is 6.50. The Labute approximate surface area is 177 Å². The van der Waals surface area contributed by atoms with Gasteiger partial charge in [-0.15, -0.1) is 0 Å². The fraction of sp³-hybridized carbons (Fsp3) is 0.0870. The Morgan fingerprint density at radius 1 is 0.931 bits per heavy atom. The highest BCUT2D eigenvalue weighted by molar-refractivity contribution is 6.38. The number of methoxy groups -OCH3 is 1. The molecule has 0 aliphatic carbocycles. The van der Waals surface area contributed by atoms with Crippen molar-refractivity contribution in [1.29, 1.82) is 0 Å². The summed E-state index contributed by atoms with van der Waals surface area (Å²) >= 11 is 13.0. The summed E-state index contributed by atoms with van der Waals surface area (Å²) in [5.74, 6) is -0.105. The van der Waals surface area contributed by atoms with Crippen LogP contribution in [0, 0.1) is 0 Å². The number of aliphatic hydroxyl groups is 1. The van der Waals surface area contributed by atoms with Crippen LogP contribution in [-0.4, -0.2) is 18.2 Å². The van der Waals surface area contributed by atoms with Crippen molar-refractivity contribution in [2.24, 2.45) is 0 Å². The molecule has 3 aromatic carbocycles. The van der Waals surface area contributed by atoms with Gasteiger partial charge in [-0.05, 0) is 29.8 Å². The first-order chi connectivity index (χ1) is 14.0. The second-order valence-corrected chi connectivity index (χ2v) is 7.31. The summed E-state index contributed by atoms with van der Waals surface area (Å²) in [6, 6.07) is 19.6. The number of benzene rings is 3. The standard InChI is InChI=1S/C23H16Cl2O4/c1-28-15-9-7-13(8-10-15)16-11-19(25)17(12-18(16)24)20-21(26)22(29-23(20)27)14-5-3-2-4-6-14/h2-12,22,26H,1H3. The van der Waals surface area contributed by atoms with Crippen LogP contribution in [0.15, 0.2) is 72.5 Å². The molecule has 1 aliphatic rings. The molecule has 0 amide bonds. The minimum absolute atomic E-state index is 0.0204. The molecule has 29 heavy (non-hydrogen) atoms. The lowest BCUT2D eigenvalue weighted by Crippen LogP contribution is -2.03. The van der Waals surface area contributed by atoms with Crippen LogP contribution >= 0.6 is 23.2 Å². The summed E-state index contributed by atoms with van der Waals surface area (Å²) in [7, 11) is 1.59. The van der Waals surface area contributed by atoms with E-state index < -0.39 is 12.1 Å². The lowest BCUT2D eigenvalue weighted by atomic mass is 9.98. The number of rotatable bonds is 4. The van der Waals surface area contributed by atoms with E-state index in [1.54, 1.807) is 31.4 Å². The van der Waals surface area contributed by atoms with Crippen LogP contribution in [0.1, 0.15) is 17.2 Å². The third kappa shape index (κ3) is 3.57. The van der Waals surface area contributed by atoms with Gasteiger partial charge in [0.05, 0.1) is 7.11 Å². The second kappa shape index (κ2) is 7.82. The number of hydrogen-bond acceptors (Lipinski definition) is 4. The van der Waals surface area contributed by atoms with Crippen LogP contribution in [0.3, 0.4) is 0 Å². The van der Waals surface area contributed by atoms with Crippen molar-refractivity contribution in [3.63, 3.8) is 0 Å². The smallest absolute Gasteiger partial charge is 0.343 e. The average Bonchev–Trinajstić information content (AvgIpc) is 3.04. The first-order valence-corrected chi connectivity index (χ1v) is 9.58. The molecule has 1 heterocycles. The van der Waals surface area contributed by atoms with E-state index in [0.29, 0.717) is 21.7 Å². The zero-order chi connectivity index (χ0) is 20.5. The van der Waals surface area contributed by atoms with Gasteiger partial charge in [0.25, 0.3) is 0 Å². The van der Waals surface area contributed by atoms with Gasteiger partial charge < -0.3 is 14.6 Å². The molecule has 146 valence electrons. The molecule has 0 saturated carbocycles. The lowest BCUT2D eigenvalue weighted by Gasteiger charge is -2.11. The zero-order valence-electron chi connectivity index (χ0n) is 15.4. The van der Waals surface area contributed by atoms with Crippen molar-refractivity contribution >= 4 is 34.7 Å². The highest BCUT2D eigenvalue weighted by Crippen LogP contribution is 2.43. The number of carbonyl (C=O) groups is 1. The van der Waals surface area contributed by atoms with Gasteiger partial charge in [0.15, 0.2) is 11.9 Å². The highest BCUT2D eigenvalue weighted by atomic mass is 35.5. The van der Waals surface area contributed by atoms with Crippen molar-refractivity contribution in [3.05, 3.63) is 93.7 Å². The summed E-state index contributed by atoms with van der Waals surface area (Å²) in [6.07, 6.45) is -0.866. The number of aliphatic hydroxyl groups excluding tert-OH is 1. The third-order valence-electron chi connectivity index (χ3n) is 4.76. The Morgan fingerprint density at radius 2 is 1.55 bits per heavy atom. The number of carbonyl (C=O) groups excluding carboxylic acids is 1. The molecule has 0 spiro atoms. The topological polar surface area (TPSA) is 55.8 Å². The van der Waals surface area contributed by atoms with Crippen molar-refractivity contribution in [2.45, 2.75) is 6.10 Å². The van der Waals surface area contributed by atoms with E-state index in [2.05, 4.69) is 0 Å². The van der Waals surface area contributed by atoms with Gasteiger partial charge in [0.2, 0.25) is 0 Å². The molecule has 0 fully saturated rings. The van der Waals surface area contributed by atoms with Gasteiger partial charge in [-0.3, -0.25) is 0 Å². The largest absolute Gasteiger partial charge is 0.507 e. The molecule has 0 radical (unpaired) electrons. The maximum atomic E-state index is 12.5. The van der Waals surface area contributed by atoms with Crippen LogP contribution in [0.2, 0.25) is 10.0 Å². The zero-order valence-corrected chi connectivity index (χ0v) is 16.9. The molecular weight excluding hydrogens is 411 g/mol. The van der Waals surface area contributed by atoms with Crippen LogP contribution in [-0.2, 0) is 9.53 Å². The maximum Gasteiger partial charge on any atom is 0.343 e. The van der Waals surface area contributed by atoms with Gasteiger partial charge in [-0.1, -0.05) is 65.7 Å². The Morgan fingerprint density at radius 3 is 2.21 bits per heavy atom. The molecule has 1 N–H and O–H groups in total. The fourth-order valence-corrected chi connectivity index (χ4v) is 3.82. The molecule has 0 saturated heterocycles. The van der Waals surface area contributed by atoms with E-state index in [9.17, 15) is 9.90 Å². The van der Waals surface area contributed by atoms with Crippen molar-refractivity contribution in [3.8, 4) is 16.9 Å². The Kier molecular flexibility index (Phi) is 5.22. The SMILES string of the molecule is COc1ccc(-c2cc(Cl)c(C3=C(O)C(c4ccccc4)OC3=O)cc2Cl)cc1. The molecular formula is C23H16Cl2O4. The molecule has 1 aliphatic heterocycles. The molecule has 4 nitrogen and oxygen atoms in total. The highest BCUT2D eigenvalue weighted by Gasteiger charge is 2.37. The van der Waals surface area contributed by atoms with E-state index >= 15 is 0 Å². The monoisotopic (exact) mass is 426 g/mol. The van der Waals surface area contributed by atoms with Gasteiger partial charge >= 0.3 is 5.97 Å². The van der Waals surface area contributed by atoms with Gasteiger partial charge in [0.1, 0.15) is 11.3 Å². The molecule has 3 aromatic rings. The average molecular weight is 427 g/mol. The summed E-state index contributed by atoms with van der Waals surface area (Å²) in [4.78, 5) is 12.5. The van der Waals surface area contributed by atoms with E-state index in [1.807, 2.05) is 42.5 Å². The minimum Gasteiger partial charge on any atom is -0.507 e. The normalized spacial score (nSPS) is 16.1. The van der Waals surface area contributed by atoms with Crippen LogP contribution in [0.4, 0.5) is 0 Å². The quantitative estimate of drug-likeness (QED) is 0.501. The Hall–Kier alpha value is -2.95. The van der Waals surface area contributed by atoms with Crippen LogP contribution in [0.5, 0.6) is 5.75 Å². The van der Waals surface area contributed by atoms with E-state index in [1.165, 1.54) is 0 Å². The van der Waals surface area contributed by atoms with Crippen molar-refractivity contribution in [2.75, 3.05) is 7.11 Å². The number of ether oxygens (including phenoxy) is 2. The first kappa shape index (κ1) is 19.4. The summed E-state index contributed by atoms with van der Waals surface area (Å²) in [6.45, 7) is 0. The number of hydrogen-bond donors (Lipinski definition) is 1. The fourth-order valence-electron chi connectivity index (χ4n) is 3.29. The van der Waals surface area contributed by atoms with Crippen LogP contribution < -0.4 is 4.74 Å². The molecule has 6 heteroatoms. The predicted molar refractivity (Wildman–Crippen MR) is 113 cm³/mol. The van der Waals surface area contributed by atoms with Gasteiger partial charge in [-0.2, -0.15) is 0 Å². The van der Waals surface area contributed by atoms with Crippen molar-refractivity contribution in [1.82, 2.24) is 0 Å². The van der Waals surface area contributed by atoms with Gasteiger partial charge in [0, 0.05) is 26.7 Å². The Bertz CT molecular complexity index is 1110. The molecule has 4 rings (SSSR count). The van der Waals surface area contributed by atoms with Gasteiger partial charge in [-0.25, -0.2) is 4.79 Å². The Balaban J connectivity index is 1.76. The minimum atomic E-state index is -0.866. The summed E-state index contributed by atoms with van der Waals surface area (Å²) in [5.41, 5.74) is 2.57. The summed E-state index contributed by atoms with van der Waals surface area (Å²) < 4.78 is 10.6. The maximum absolute atomic E-state index is 12.5. The van der Waals surface area contributed by atoms with E-state index in [-0.39, 0.29) is 16.4 Å². The molecule has 0 bridgehead atoms.